The number of imidazole rings is 1. The molecule has 0 saturated carbocycles. The predicted molar refractivity (Wildman–Crippen MR) is 161 cm³/mol. The molecule has 4 atom stereocenters. The van der Waals surface area contributed by atoms with Crippen LogP contribution in [-0.4, -0.2) is 62.4 Å². The summed E-state index contributed by atoms with van der Waals surface area (Å²) in [6.07, 6.45) is 2.76. The monoisotopic (exact) mass is 564 g/mol. The maximum atomic E-state index is 6.74. The van der Waals surface area contributed by atoms with Gasteiger partial charge in [0.25, 0.3) is 0 Å². The highest BCUT2D eigenvalue weighted by Crippen LogP contribution is 2.32. The minimum atomic E-state index is -0.249. The lowest BCUT2D eigenvalue weighted by atomic mass is 10.1. The molecule has 0 amide bonds. The summed E-state index contributed by atoms with van der Waals surface area (Å²) >= 11 is 0. The van der Waals surface area contributed by atoms with Gasteiger partial charge in [0.05, 0.1) is 44.8 Å². The van der Waals surface area contributed by atoms with Crippen LogP contribution >= 0.6 is 0 Å². The van der Waals surface area contributed by atoms with Crippen LogP contribution in [0.15, 0.2) is 104 Å². The first-order valence-electron chi connectivity index (χ1n) is 14.2. The number of likely N-dealkylation sites (N-methyl/N-ethyl adjacent to an activating group) is 1. The second-order valence-electron chi connectivity index (χ2n) is 10.7. The Morgan fingerprint density at radius 2 is 1.24 bits per heavy atom. The van der Waals surface area contributed by atoms with Crippen LogP contribution in [0.2, 0.25) is 0 Å². The quantitative estimate of drug-likeness (QED) is 0.237. The maximum Gasteiger partial charge on any atom is 0.165 e. The van der Waals surface area contributed by atoms with Gasteiger partial charge < -0.3 is 24.5 Å². The lowest BCUT2D eigenvalue weighted by Crippen LogP contribution is -2.41. The van der Waals surface area contributed by atoms with Gasteiger partial charge in [-0.1, -0.05) is 91.0 Å². The van der Waals surface area contributed by atoms with E-state index in [9.17, 15) is 0 Å². The number of benzene rings is 3. The predicted octanol–water partition coefficient (Wildman–Crippen LogP) is 4.48. The van der Waals surface area contributed by atoms with Crippen molar-refractivity contribution in [1.82, 2.24) is 24.4 Å². The molecular formula is C33H36N6O3. The molecule has 3 heterocycles. The molecular weight excluding hydrogens is 528 g/mol. The molecule has 0 radical (unpaired) electrons. The summed E-state index contributed by atoms with van der Waals surface area (Å²) in [5.74, 6) is 0.367. The highest BCUT2D eigenvalue weighted by Gasteiger charge is 2.49. The van der Waals surface area contributed by atoms with Crippen LogP contribution in [-0.2, 0) is 40.6 Å². The number of aromatic nitrogens is 4. The van der Waals surface area contributed by atoms with Gasteiger partial charge in [-0.15, -0.1) is 0 Å². The number of rotatable bonds is 12. The van der Waals surface area contributed by atoms with Crippen molar-refractivity contribution in [3.05, 3.63) is 120 Å². The summed E-state index contributed by atoms with van der Waals surface area (Å²) in [5, 5.41) is 0. The smallest absolute Gasteiger partial charge is 0.165 e. The molecule has 9 nitrogen and oxygen atoms in total. The fourth-order valence-electron chi connectivity index (χ4n) is 5.64. The fraction of sp³-hybridized carbons (Fsp3) is 0.303. The minimum Gasteiger partial charge on any atom is -0.382 e. The van der Waals surface area contributed by atoms with Crippen molar-refractivity contribution in [2.45, 2.75) is 50.7 Å². The van der Waals surface area contributed by atoms with Gasteiger partial charge in [-0.3, -0.25) is 4.90 Å². The first kappa shape index (κ1) is 28.0. The first-order valence-corrected chi connectivity index (χ1v) is 14.2. The normalized spacial score (nSPS) is 20.8. The topological polar surface area (TPSA) is 101 Å². The zero-order valence-electron chi connectivity index (χ0n) is 23.7. The Morgan fingerprint density at radius 3 is 1.83 bits per heavy atom. The Kier molecular flexibility index (Phi) is 8.81. The number of nitrogens with two attached hydrogens (primary N) is 1. The maximum absolute atomic E-state index is 6.74. The molecule has 0 unspecified atom stereocenters. The fourth-order valence-corrected chi connectivity index (χ4v) is 5.64. The van der Waals surface area contributed by atoms with Gasteiger partial charge in [-0.05, 0) is 23.7 Å². The number of hydrogen-bond acceptors (Lipinski definition) is 8. The highest BCUT2D eigenvalue weighted by atomic mass is 16.5. The van der Waals surface area contributed by atoms with E-state index >= 15 is 0 Å². The lowest BCUT2D eigenvalue weighted by Gasteiger charge is -2.27. The molecule has 1 fully saturated rings. The third kappa shape index (κ3) is 6.34. The molecule has 216 valence electrons. The average Bonchev–Trinajstić information content (AvgIpc) is 3.55. The van der Waals surface area contributed by atoms with E-state index in [1.165, 1.54) is 6.33 Å². The zero-order valence-corrected chi connectivity index (χ0v) is 23.7. The van der Waals surface area contributed by atoms with Crippen molar-refractivity contribution in [2.75, 3.05) is 19.4 Å². The van der Waals surface area contributed by atoms with Crippen molar-refractivity contribution >= 4 is 17.0 Å². The van der Waals surface area contributed by atoms with Gasteiger partial charge in [0, 0.05) is 6.54 Å². The van der Waals surface area contributed by atoms with Crippen LogP contribution < -0.4 is 5.73 Å². The van der Waals surface area contributed by atoms with Crippen molar-refractivity contribution in [3.8, 4) is 0 Å². The molecule has 1 aliphatic heterocycles. The molecule has 1 saturated heterocycles. The summed E-state index contributed by atoms with van der Waals surface area (Å²) in [5.41, 5.74) is 10.7. The van der Waals surface area contributed by atoms with E-state index in [-0.39, 0.29) is 24.3 Å². The lowest BCUT2D eigenvalue weighted by molar-refractivity contribution is -0.0870. The van der Waals surface area contributed by atoms with E-state index in [1.54, 1.807) is 6.33 Å². The van der Waals surface area contributed by atoms with Crippen molar-refractivity contribution < 1.29 is 14.2 Å². The molecule has 6 rings (SSSR count). The van der Waals surface area contributed by atoms with Crippen molar-refractivity contribution in [2.24, 2.45) is 0 Å². The van der Waals surface area contributed by atoms with Gasteiger partial charge in [-0.2, -0.15) is 0 Å². The molecule has 3 aromatic carbocycles. The zero-order chi connectivity index (χ0) is 28.7. The van der Waals surface area contributed by atoms with E-state index < -0.39 is 0 Å². The van der Waals surface area contributed by atoms with Crippen LogP contribution in [0.25, 0.3) is 11.2 Å². The van der Waals surface area contributed by atoms with Crippen LogP contribution in [0.1, 0.15) is 16.7 Å². The molecule has 0 aliphatic carbocycles. The summed E-state index contributed by atoms with van der Waals surface area (Å²) in [6.45, 7) is 2.55. The van der Waals surface area contributed by atoms with Crippen LogP contribution in [0.3, 0.4) is 0 Å². The van der Waals surface area contributed by atoms with Crippen molar-refractivity contribution in [1.29, 1.82) is 0 Å². The van der Waals surface area contributed by atoms with E-state index in [4.69, 9.17) is 19.9 Å². The van der Waals surface area contributed by atoms with Crippen molar-refractivity contribution in [3.63, 3.8) is 0 Å². The highest BCUT2D eigenvalue weighted by molar-refractivity contribution is 5.81. The van der Waals surface area contributed by atoms with Crippen LogP contribution in [0.5, 0.6) is 0 Å². The van der Waals surface area contributed by atoms with E-state index in [0.29, 0.717) is 50.0 Å². The third-order valence-electron chi connectivity index (χ3n) is 7.91. The molecule has 2 N–H and O–H groups in total. The Balaban J connectivity index is 1.29. The number of nitrogen functional groups attached to an aromatic ring is 1. The second kappa shape index (κ2) is 13.2. The summed E-state index contributed by atoms with van der Waals surface area (Å²) < 4.78 is 21.8. The number of nitrogens with zero attached hydrogens (tertiary/aromatic N) is 5. The average molecular weight is 565 g/mol. The van der Waals surface area contributed by atoms with Gasteiger partial charge in [0.2, 0.25) is 0 Å². The van der Waals surface area contributed by atoms with Gasteiger partial charge in [0.15, 0.2) is 11.5 Å². The molecule has 0 spiro atoms. The standard InChI is InChI=1S/C33H36N6O3/c1-38-27(17-39-23-37-29-32(34)35-22-36-33(29)39)30(41-19-25-13-7-3-8-14-25)31(42-20-26-15-9-4-10-16-26)28(38)21-40-18-24-11-5-2-6-12-24/h2-16,22-23,27-28,30-31H,17-21H2,1H3,(H2,34,35,36)/t27-,28-,30+,31+/m0/s1. The molecule has 42 heavy (non-hydrogen) atoms. The minimum absolute atomic E-state index is 0.0438. The Labute approximate surface area is 245 Å². The number of likely N-dealkylation sites (tertiary alicyclic amines) is 1. The molecule has 5 aromatic rings. The Bertz CT molecular complexity index is 1550. The number of hydrogen-bond donors (Lipinski definition) is 1. The van der Waals surface area contributed by atoms with Crippen LogP contribution in [0, 0.1) is 0 Å². The SMILES string of the molecule is CN1[C@@H](COCc2ccccc2)[C@@H](OCc2ccccc2)[C@H](OCc2ccccc2)[C@@H]1Cn1cnc2c(N)ncnc21. The largest absolute Gasteiger partial charge is 0.382 e. The van der Waals surface area contributed by atoms with Gasteiger partial charge in [0.1, 0.15) is 24.1 Å². The Hall–Kier alpha value is -4.15. The second-order valence-corrected chi connectivity index (χ2v) is 10.7. The van der Waals surface area contributed by atoms with Gasteiger partial charge in [-0.25, -0.2) is 15.0 Å². The first-order chi connectivity index (χ1) is 20.7. The molecule has 2 aromatic heterocycles. The summed E-state index contributed by atoms with van der Waals surface area (Å²) in [4.78, 5) is 15.4. The molecule has 0 bridgehead atoms. The van der Waals surface area contributed by atoms with E-state index in [1.807, 2.05) is 59.2 Å². The number of anilines is 1. The summed E-state index contributed by atoms with van der Waals surface area (Å²) in [7, 11) is 2.12. The number of fused-ring (bicyclic) bond motifs is 1. The van der Waals surface area contributed by atoms with E-state index in [0.717, 1.165) is 16.7 Å². The third-order valence-corrected chi connectivity index (χ3v) is 7.91. The molecule has 9 heteroatoms. The van der Waals surface area contributed by atoms with Gasteiger partial charge >= 0.3 is 0 Å². The van der Waals surface area contributed by atoms with E-state index in [2.05, 4.69) is 63.3 Å². The summed E-state index contributed by atoms with van der Waals surface area (Å²) in [6, 6.07) is 30.6. The van der Waals surface area contributed by atoms with Crippen LogP contribution in [0.4, 0.5) is 5.82 Å². The number of ether oxygens (including phenoxy) is 3. The molecule has 1 aliphatic rings. The Morgan fingerprint density at radius 1 is 0.690 bits per heavy atom.